The number of amides is 1. The lowest BCUT2D eigenvalue weighted by atomic mass is 9.80. The lowest BCUT2D eigenvalue weighted by Gasteiger charge is -2.25. The molecule has 9 heteroatoms. The number of nitrogens with zero attached hydrogens (tertiary/aromatic N) is 1. The van der Waals surface area contributed by atoms with Crippen molar-refractivity contribution in [1.29, 1.82) is 0 Å². The van der Waals surface area contributed by atoms with Gasteiger partial charge in [0.1, 0.15) is 5.78 Å². The lowest BCUT2D eigenvalue weighted by molar-refractivity contribution is -0.121. The number of sulfone groups is 1. The van der Waals surface area contributed by atoms with Gasteiger partial charge in [0, 0.05) is 12.8 Å². The average Bonchev–Trinajstić information content (AvgIpc) is 3.51. The van der Waals surface area contributed by atoms with Crippen LogP contribution in [0.1, 0.15) is 56.4 Å². The third-order valence-corrected chi connectivity index (χ3v) is 8.81. The Balaban J connectivity index is 1.55. The van der Waals surface area contributed by atoms with E-state index in [1.165, 1.54) is 0 Å². The molecular weight excluding hydrogens is 427 g/mol. The standard InChI is InChI=1S/C21H23FN2O4S2/c22-19-12-23-21(29-19)24-20(26)18(11-13-1-5-15(25)6-2-13)14-3-7-16(8-4-14)30(27,28)17-9-10-17/h3-4,7-8,12-13,17-18H,1-2,5-6,9-11H2,(H,23,24,26)/t18-/m1/s1. The van der Waals surface area contributed by atoms with Gasteiger partial charge in [0.25, 0.3) is 0 Å². The van der Waals surface area contributed by atoms with E-state index in [1.807, 2.05) is 0 Å². The molecule has 1 atom stereocenters. The van der Waals surface area contributed by atoms with Crippen LogP contribution in [0.2, 0.25) is 0 Å². The van der Waals surface area contributed by atoms with Gasteiger partial charge in [0.2, 0.25) is 5.91 Å². The number of hydrogen-bond donors (Lipinski definition) is 1. The Bertz CT molecular complexity index is 1040. The van der Waals surface area contributed by atoms with E-state index in [4.69, 9.17) is 0 Å². The van der Waals surface area contributed by atoms with Crippen molar-refractivity contribution in [1.82, 2.24) is 4.98 Å². The molecule has 2 aliphatic rings. The predicted molar refractivity (Wildman–Crippen MR) is 112 cm³/mol. The molecule has 1 amide bonds. The minimum atomic E-state index is -3.30. The van der Waals surface area contributed by atoms with Crippen LogP contribution in [0.4, 0.5) is 9.52 Å². The van der Waals surface area contributed by atoms with Gasteiger partial charge in [-0.2, -0.15) is 4.39 Å². The molecule has 1 N–H and O–H groups in total. The minimum Gasteiger partial charge on any atom is -0.301 e. The first-order valence-corrected chi connectivity index (χ1v) is 12.5. The summed E-state index contributed by atoms with van der Waals surface area (Å²) >= 11 is 0.757. The number of carbonyl (C=O) groups is 2. The quantitative estimate of drug-likeness (QED) is 0.686. The Morgan fingerprint density at radius 2 is 1.83 bits per heavy atom. The first-order valence-electron chi connectivity index (χ1n) is 10.1. The molecule has 2 fully saturated rings. The Labute approximate surface area is 178 Å². The maximum absolute atomic E-state index is 13.3. The molecule has 1 aromatic heterocycles. The zero-order valence-electron chi connectivity index (χ0n) is 16.3. The van der Waals surface area contributed by atoms with E-state index in [9.17, 15) is 22.4 Å². The number of Topliss-reactive ketones (excluding diaryl/α,β-unsaturated/α-hetero) is 1. The molecule has 0 unspecified atom stereocenters. The highest BCUT2D eigenvalue weighted by atomic mass is 32.2. The second-order valence-corrected chi connectivity index (χ2v) is 11.3. The number of ketones is 1. The number of benzene rings is 1. The second kappa shape index (κ2) is 8.55. The van der Waals surface area contributed by atoms with Crippen LogP contribution >= 0.6 is 11.3 Å². The number of halogens is 1. The molecule has 1 aromatic carbocycles. The van der Waals surface area contributed by atoms with Crippen molar-refractivity contribution in [2.75, 3.05) is 5.32 Å². The molecule has 2 saturated carbocycles. The molecule has 6 nitrogen and oxygen atoms in total. The van der Waals surface area contributed by atoms with Gasteiger partial charge in [-0.15, -0.1) is 0 Å². The highest BCUT2D eigenvalue weighted by Crippen LogP contribution is 2.36. The number of hydrogen-bond acceptors (Lipinski definition) is 6. The number of aromatic nitrogens is 1. The van der Waals surface area contributed by atoms with Crippen molar-refractivity contribution in [3.8, 4) is 0 Å². The fourth-order valence-electron chi connectivity index (χ4n) is 3.93. The number of nitrogens with one attached hydrogen (secondary N) is 1. The fraction of sp³-hybridized carbons (Fsp3) is 0.476. The van der Waals surface area contributed by atoms with Crippen LogP contribution in [0, 0.1) is 11.0 Å². The summed E-state index contributed by atoms with van der Waals surface area (Å²) in [6.07, 6.45) is 5.51. The average molecular weight is 451 g/mol. The van der Waals surface area contributed by atoms with Crippen molar-refractivity contribution < 1.29 is 22.4 Å². The van der Waals surface area contributed by atoms with Gasteiger partial charge in [0.05, 0.1) is 22.3 Å². The molecule has 4 rings (SSSR count). The maximum atomic E-state index is 13.3. The first-order chi connectivity index (χ1) is 14.3. The van der Waals surface area contributed by atoms with Crippen LogP contribution in [0.5, 0.6) is 0 Å². The van der Waals surface area contributed by atoms with Gasteiger partial charge in [0.15, 0.2) is 20.1 Å². The molecule has 30 heavy (non-hydrogen) atoms. The smallest absolute Gasteiger partial charge is 0.233 e. The van der Waals surface area contributed by atoms with E-state index < -0.39 is 20.9 Å². The van der Waals surface area contributed by atoms with Crippen molar-refractivity contribution in [2.45, 2.75) is 61.0 Å². The summed E-state index contributed by atoms with van der Waals surface area (Å²) in [6, 6.07) is 6.51. The zero-order chi connectivity index (χ0) is 21.3. The molecule has 160 valence electrons. The lowest BCUT2D eigenvalue weighted by Crippen LogP contribution is -2.25. The molecule has 0 saturated heterocycles. The molecule has 2 aliphatic carbocycles. The summed E-state index contributed by atoms with van der Waals surface area (Å²) in [5.41, 5.74) is 0.705. The second-order valence-electron chi connectivity index (χ2n) is 8.04. The molecule has 0 spiro atoms. The minimum absolute atomic E-state index is 0.189. The van der Waals surface area contributed by atoms with E-state index in [0.717, 1.165) is 30.4 Å². The number of anilines is 1. The Hall–Kier alpha value is -2.13. The van der Waals surface area contributed by atoms with E-state index in [1.54, 1.807) is 24.3 Å². The Kier molecular flexibility index (Phi) is 6.02. The van der Waals surface area contributed by atoms with Gasteiger partial charge in [-0.3, -0.25) is 9.59 Å². The SMILES string of the molecule is O=C1CCC(C[C@@H](C(=O)Nc2ncc(F)s2)c2ccc(S(=O)(=O)C3CC3)cc2)CC1. The van der Waals surface area contributed by atoms with Crippen LogP contribution in [-0.4, -0.2) is 30.3 Å². The summed E-state index contributed by atoms with van der Waals surface area (Å²) in [6.45, 7) is 0. The monoisotopic (exact) mass is 450 g/mol. The van der Waals surface area contributed by atoms with E-state index >= 15 is 0 Å². The third kappa shape index (κ3) is 4.78. The summed E-state index contributed by atoms with van der Waals surface area (Å²) in [7, 11) is -3.30. The summed E-state index contributed by atoms with van der Waals surface area (Å²) < 4.78 is 38.1. The number of carbonyl (C=O) groups excluding carboxylic acids is 2. The maximum Gasteiger partial charge on any atom is 0.233 e. The Morgan fingerprint density at radius 3 is 2.40 bits per heavy atom. The predicted octanol–water partition coefficient (Wildman–Crippen LogP) is 4.09. The summed E-state index contributed by atoms with van der Waals surface area (Å²) in [4.78, 5) is 28.7. The third-order valence-electron chi connectivity index (χ3n) is 5.83. The van der Waals surface area contributed by atoms with Gasteiger partial charge in [-0.1, -0.05) is 23.5 Å². The number of rotatable bonds is 7. The van der Waals surface area contributed by atoms with Crippen molar-refractivity contribution >= 4 is 38.0 Å². The van der Waals surface area contributed by atoms with E-state index in [0.29, 0.717) is 37.7 Å². The normalized spacial score (nSPS) is 18.9. The fourth-order valence-corrected chi connectivity index (χ4v) is 6.13. The van der Waals surface area contributed by atoms with Crippen LogP contribution in [0.15, 0.2) is 35.4 Å². The van der Waals surface area contributed by atoms with Gasteiger partial charge >= 0.3 is 0 Å². The molecular formula is C21H23FN2O4S2. The highest BCUT2D eigenvalue weighted by molar-refractivity contribution is 7.92. The molecule has 2 aromatic rings. The van der Waals surface area contributed by atoms with E-state index in [-0.39, 0.29) is 32.9 Å². The van der Waals surface area contributed by atoms with Crippen molar-refractivity contribution in [3.63, 3.8) is 0 Å². The summed E-state index contributed by atoms with van der Waals surface area (Å²) in [5.74, 6) is -0.367. The van der Waals surface area contributed by atoms with Gasteiger partial charge < -0.3 is 5.32 Å². The van der Waals surface area contributed by atoms with Crippen molar-refractivity contribution in [3.05, 3.63) is 41.2 Å². The topological polar surface area (TPSA) is 93.2 Å². The molecule has 0 aliphatic heterocycles. The van der Waals surface area contributed by atoms with Crippen molar-refractivity contribution in [2.24, 2.45) is 5.92 Å². The molecule has 1 heterocycles. The van der Waals surface area contributed by atoms with Crippen LogP contribution in [-0.2, 0) is 19.4 Å². The summed E-state index contributed by atoms with van der Waals surface area (Å²) in [5, 5.41) is 2.09. The zero-order valence-corrected chi connectivity index (χ0v) is 18.0. The molecule has 0 radical (unpaired) electrons. The van der Waals surface area contributed by atoms with Crippen LogP contribution < -0.4 is 5.32 Å². The van der Waals surface area contributed by atoms with Gasteiger partial charge in [-0.05, 0) is 55.7 Å². The van der Waals surface area contributed by atoms with E-state index in [2.05, 4.69) is 10.3 Å². The first kappa shape index (κ1) is 21.1. The van der Waals surface area contributed by atoms with Gasteiger partial charge in [-0.25, -0.2) is 13.4 Å². The molecule has 0 bridgehead atoms. The number of thiazole rings is 1. The van der Waals surface area contributed by atoms with Crippen LogP contribution in [0.25, 0.3) is 0 Å². The highest BCUT2D eigenvalue weighted by Gasteiger charge is 2.37. The Morgan fingerprint density at radius 1 is 1.17 bits per heavy atom. The van der Waals surface area contributed by atoms with Crippen LogP contribution in [0.3, 0.4) is 0 Å². The largest absolute Gasteiger partial charge is 0.301 e.